The zero-order valence-corrected chi connectivity index (χ0v) is 11.8. The molecule has 0 spiro atoms. The summed E-state index contributed by atoms with van der Waals surface area (Å²) in [5.74, 6) is 0. The highest BCUT2D eigenvalue weighted by atomic mass is 16.3. The third-order valence-electron chi connectivity index (χ3n) is 4.29. The molecule has 20 heavy (non-hydrogen) atoms. The molecule has 1 unspecified atom stereocenters. The van der Waals surface area contributed by atoms with Crippen molar-refractivity contribution in [2.24, 2.45) is 0 Å². The molecule has 2 aromatic rings. The Morgan fingerprint density at radius 3 is 2.65 bits per heavy atom. The molecule has 0 fully saturated rings. The van der Waals surface area contributed by atoms with Gasteiger partial charge in [0.15, 0.2) is 0 Å². The number of pyridine rings is 1. The fourth-order valence-corrected chi connectivity index (χ4v) is 3.00. The highest BCUT2D eigenvalue weighted by Gasteiger charge is 2.29. The van der Waals surface area contributed by atoms with Gasteiger partial charge < -0.3 is 10.8 Å². The molecule has 1 aromatic heterocycles. The molecule has 1 aromatic carbocycles. The maximum Gasteiger partial charge on any atom is 0.115 e. The van der Waals surface area contributed by atoms with Gasteiger partial charge in [0.1, 0.15) is 5.60 Å². The summed E-state index contributed by atoms with van der Waals surface area (Å²) in [6, 6.07) is 8.00. The summed E-state index contributed by atoms with van der Waals surface area (Å²) >= 11 is 0. The number of anilines is 1. The van der Waals surface area contributed by atoms with Crippen molar-refractivity contribution in [1.29, 1.82) is 0 Å². The fraction of sp³-hybridized carbons (Fsp3) is 0.353. The van der Waals surface area contributed by atoms with Crippen LogP contribution < -0.4 is 5.73 Å². The summed E-state index contributed by atoms with van der Waals surface area (Å²) in [5.41, 5.74) is 9.77. The van der Waals surface area contributed by atoms with Gasteiger partial charge in [-0.15, -0.1) is 0 Å². The number of hydrogen-bond donors (Lipinski definition) is 2. The normalized spacial score (nSPS) is 17.3. The van der Waals surface area contributed by atoms with Crippen LogP contribution in [0.4, 0.5) is 5.69 Å². The molecule has 3 heteroatoms. The number of aliphatic hydroxyl groups is 1. The maximum absolute atomic E-state index is 10.9. The first kappa shape index (κ1) is 13.1. The van der Waals surface area contributed by atoms with Crippen LogP contribution in [0.2, 0.25) is 0 Å². The zero-order valence-electron chi connectivity index (χ0n) is 11.8. The molecule has 1 atom stereocenters. The average Bonchev–Trinajstić information content (AvgIpc) is 2.47. The Hall–Kier alpha value is -1.87. The molecule has 0 amide bonds. The molecule has 3 nitrogen and oxygen atoms in total. The van der Waals surface area contributed by atoms with Crippen LogP contribution in [-0.4, -0.2) is 10.1 Å². The maximum atomic E-state index is 10.9. The van der Waals surface area contributed by atoms with Crippen molar-refractivity contribution in [2.45, 2.75) is 38.2 Å². The summed E-state index contributed by atoms with van der Waals surface area (Å²) in [6.07, 6.45) is 8.02. The van der Waals surface area contributed by atoms with Gasteiger partial charge in [-0.1, -0.05) is 18.2 Å². The van der Waals surface area contributed by atoms with E-state index in [1.54, 1.807) is 25.4 Å². The third kappa shape index (κ3) is 2.18. The van der Waals surface area contributed by atoms with Crippen LogP contribution in [0.3, 0.4) is 0 Å². The van der Waals surface area contributed by atoms with Gasteiger partial charge in [0, 0.05) is 23.6 Å². The first-order chi connectivity index (χ1) is 9.59. The second kappa shape index (κ2) is 4.91. The summed E-state index contributed by atoms with van der Waals surface area (Å²) in [7, 11) is 0. The predicted molar refractivity (Wildman–Crippen MR) is 80.4 cm³/mol. The first-order valence-electron chi connectivity index (χ1n) is 7.13. The number of nitrogens with zero attached hydrogens (tertiary/aromatic N) is 1. The van der Waals surface area contributed by atoms with Gasteiger partial charge in [-0.05, 0) is 55.4 Å². The Kier molecular flexibility index (Phi) is 3.22. The molecule has 1 aliphatic rings. The number of hydrogen-bond acceptors (Lipinski definition) is 3. The fourth-order valence-electron chi connectivity index (χ4n) is 3.00. The van der Waals surface area contributed by atoms with E-state index in [1.165, 1.54) is 24.0 Å². The summed E-state index contributed by atoms with van der Waals surface area (Å²) in [4.78, 5) is 4.08. The largest absolute Gasteiger partial charge is 0.398 e. The van der Waals surface area contributed by atoms with E-state index in [9.17, 15) is 5.11 Å². The van der Waals surface area contributed by atoms with Crippen molar-refractivity contribution in [3.8, 4) is 0 Å². The Morgan fingerprint density at radius 1 is 1.15 bits per heavy atom. The minimum absolute atomic E-state index is 0.572. The second-order valence-electron chi connectivity index (χ2n) is 5.73. The molecule has 3 rings (SSSR count). The average molecular weight is 268 g/mol. The molecule has 0 radical (unpaired) electrons. The van der Waals surface area contributed by atoms with E-state index < -0.39 is 5.60 Å². The van der Waals surface area contributed by atoms with Crippen molar-refractivity contribution in [3.63, 3.8) is 0 Å². The number of rotatable bonds is 2. The van der Waals surface area contributed by atoms with Crippen molar-refractivity contribution >= 4 is 5.69 Å². The van der Waals surface area contributed by atoms with E-state index in [0.29, 0.717) is 11.3 Å². The van der Waals surface area contributed by atoms with E-state index in [-0.39, 0.29) is 0 Å². The lowest BCUT2D eigenvalue weighted by molar-refractivity contribution is 0.102. The van der Waals surface area contributed by atoms with Crippen LogP contribution in [0.1, 0.15) is 42.0 Å². The van der Waals surface area contributed by atoms with E-state index in [0.717, 1.165) is 18.4 Å². The van der Waals surface area contributed by atoms with E-state index in [1.807, 2.05) is 6.07 Å². The third-order valence-corrected chi connectivity index (χ3v) is 4.29. The predicted octanol–water partition coefficient (Wildman–Crippen LogP) is 2.80. The smallest absolute Gasteiger partial charge is 0.115 e. The SMILES string of the molecule is CC(O)(c1ccc2c(c1)CCCC2)c1cnccc1N. The second-order valence-corrected chi connectivity index (χ2v) is 5.73. The molecule has 0 saturated carbocycles. The van der Waals surface area contributed by atoms with Gasteiger partial charge in [-0.3, -0.25) is 4.98 Å². The quantitative estimate of drug-likeness (QED) is 0.880. The van der Waals surface area contributed by atoms with Crippen LogP contribution in [0, 0.1) is 0 Å². The topological polar surface area (TPSA) is 59.1 Å². The minimum atomic E-state index is -1.11. The van der Waals surface area contributed by atoms with E-state index >= 15 is 0 Å². The Bertz CT molecular complexity index is 635. The number of nitrogens with two attached hydrogens (primary N) is 1. The highest BCUT2D eigenvalue weighted by Crippen LogP contribution is 2.34. The van der Waals surface area contributed by atoms with Gasteiger partial charge >= 0.3 is 0 Å². The zero-order chi connectivity index (χ0) is 14.2. The lowest BCUT2D eigenvalue weighted by Gasteiger charge is -2.27. The van der Waals surface area contributed by atoms with Gasteiger partial charge in [-0.25, -0.2) is 0 Å². The van der Waals surface area contributed by atoms with Crippen molar-refractivity contribution in [1.82, 2.24) is 4.98 Å². The Balaban J connectivity index is 2.05. The summed E-state index contributed by atoms with van der Waals surface area (Å²) in [6.45, 7) is 1.78. The molecule has 104 valence electrons. The molecular formula is C17H20N2O. The van der Waals surface area contributed by atoms with Crippen LogP contribution in [0.15, 0.2) is 36.7 Å². The van der Waals surface area contributed by atoms with Crippen molar-refractivity contribution in [3.05, 3.63) is 58.9 Å². The molecular weight excluding hydrogens is 248 g/mol. The molecule has 0 bridgehead atoms. The summed E-state index contributed by atoms with van der Waals surface area (Å²) < 4.78 is 0. The number of aromatic nitrogens is 1. The number of fused-ring (bicyclic) bond motifs is 1. The van der Waals surface area contributed by atoms with Gasteiger partial charge in [0.25, 0.3) is 0 Å². The molecule has 1 aliphatic carbocycles. The highest BCUT2D eigenvalue weighted by molar-refractivity contribution is 5.52. The van der Waals surface area contributed by atoms with Crippen LogP contribution in [0.5, 0.6) is 0 Å². The van der Waals surface area contributed by atoms with Gasteiger partial charge in [0.2, 0.25) is 0 Å². The lowest BCUT2D eigenvalue weighted by Crippen LogP contribution is -2.25. The van der Waals surface area contributed by atoms with E-state index in [2.05, 4.69) is 17.1 Å². The van der Waals surface area contributed by atoms with Gasteiger partial charge in [-0.2, -0.15) is 0 Å². The number of nitrogen functional groups attached to an aromatic ring is 1. The van der Waals surface area contributed by atoms with Crippen molar-refractivity contribution < 1.29 is 5.11 Å². The Morgan fingerprint density at radius 2 is 1.90 bits per heavy atom. The lowest BCUT2D eigenvalue weighted by atomic mass is 9.83. The Labute approximate surface area is 119 Å². The van der Waals surface area contributed by atoms with Crippen LogP contribution >= 0.6 is 0 Å². The monoisotopic (exact) mass is 268 g/mol. The minimum Gasteiger partial charge on any atom is -0.398 e. The number of aryl methyl sites for hydroxylation is 2. The number of benzene rings is 1. The van der Waals surface area contributed by atoms with Gasteiger partial charge in [0.05, 0.1) is 0 Å². The molecule has 0 saturated heterocycles. The molecule has 1 heterocycles. The van der Waals surface area contributed by atoms with E-state index in [4.69, 9.17) is 5.73 Å². The molecule has 3 N–H and O–H groups in total. The standard InChI is InChI=1S/C17H20N2O/c1-17(20,15-11-19-9-8-16(15)18)14-7-6-12-4-2-3-5-13(12)10-14/h6-11,20H,2-5H2,1H3,(H2,18,19). The summed E-state index contributed by atoms with van der Waals surface area (Å²) in [5, 5.41) is 10.9. The van der Waals surface area contributed by atoms with Crippen LogP contribution in [0.25, 0.3) is 0 Å². The van der Waals surface area contributed by atoms with Crippen LogP contribution in [-0.2, 0) is 18.4 Å². The molecule has 0 aliphatic heterocycles. The van der Waals surface area contributed by atoms with Crippen molar-refractivity contribution in [2.75, 3.05) is 5.73 Å². The first-order valence-corrected chi connectivity index (χ1v) is 7.13.